The van der Waals surface area contributed by atoms with Crippen LogP contribution in [-0.2, 0) is 11.3 Å². The van der Waals surface area contributed by atoms with Crippen molar-refractivity contribution in [3.05, 3.63) is 30.1 Å². The van der Waals surface area contributed by atoms with E-state index in [-0.39, 0.29) is 12.2 Å². The molecule has 0 spiro atoms. The predicted octanol–water partition coefficient (Wildman–Crippen LogP) is 1.97. The van der Waals surface area contributed by atoms with Crippen molar-refractivity contribution >= 4 is 22.7 Å². The first-order chi connectivity index (χ1) is 10.6. The topological polar surface area (TPSA) is 107 Å². The number of aromatic nitrogens is 3. The Balaban J connectivity index is 2.40. The zero-order valence-electron chi connectivity index (χ0n) is 12.4. The molecule has 7 nitrogen and oxygen atoms in total. The number of carbonyl (C=O) groups is 1. The summed E-state index contributed by atoms with van der Waals surface area (Å²) in [7, 11) is 0. The Morgan fingerprint density at radius 3 is 3.09 bits per heavy atom. The fourth-order valence-electron chi connectivity index (χ4n) is 2.17. The van der Waals surface area contributed by atoms with Gasteiger partial charge in [0.1, 0.15) is 12.2 Å². The second-order valence-corrected chi connectivity index (χ2v) is 4.74. The van der Waals surface area contributed by atoms with Gasteiger partial charge in [-0.25, -0.2) is 14.5 Å². The van der Waals surface area contributed by atoms with Gasteiger partial charge in [0.15, 0.2) is 5.65 Å². The Morgan fingerprint density at radius 2 is 2.41 bits per heavy atom. The lowest BCUT2D eigenvalue weighted by molar-refractivity contribution is 0.0550. The highest BCUT2D eigenvalue weighted by Gasteiger charge is 2.20. The van der Waals surface area contributed by atoms with Crippen molar-refractivity contribution in [1.29, 1.82) is 5.26 Å². The largest absolute Gasteiger partial charge is 0.458 e. The molecule has 0 amide bonds. The molecule has 7 heteroatoms. The summed E-state index contributed by atoms with van der Waals surface area (Å²) in [4.78, 5) is 16.5. The molecular formula is C15H17N5O2. The van der Waals surface area contributed by atoms with Crippen molar-refractivity contribution in [2.75, 3.05) is 12.3 Å². The Bertz CT molecular complexity index is 757. The van der Waals surface area contributed by atoms with Gasteiger partial charge in [-0.15, -0.1) is 0 Å². The molecule has 0 saturated heterocycles. The van der Waals surface area contributed by atoms with Gasteiger partial charge >= 0.3 is 5.97 Å². The number of nitrogens with zero attached hydrogens (tertiary/aromatic N) is 4. The summed E-state index contributed by atoms with van der Waals surface area (Å²) < 4.78 is 6.72. The van der Waals surface area contributed by atoms with Crippen LogP contribution in [0.3, 0.4) is 0 Å². The molecule has 0 aromatic carbocycles. The molecule has 0 radical (unpaired) electrons. The molecule has 2 aromatic rings. The maximum Gasteiger partial charge on any atom is 0.342 e. The smallest absolute Gasteiger partial charge is 0.342 e. The normalized spacial score (nSPS) is 10.4. The zero-order valence-corrected chi connectivity index (χ0v) is 12.4. The Labute approximate surface area is 128 Å². The lowest BCUT2D eigenvalue weighted by atomic mass is 10.1. The third-order valence-electron chi connectivity index (χ3n) is 3.20. The lowest BCUT2D eigenvalue weighted by Crippen LogP contribution is -2.12. The third-order valence-corrected chi connectivity index (χ3v) is 3.20. The Kier molecular flexibility index (Phi) is 4.73. The number of rotatable bonds is 6. The molecule has 0 bridgehead atoms. The number of nitriles is 1. The predicted molar refractivity (Wildman–Crippen MR) is 82.0 cm³/mol. The van der Waals surface area contributed by atoms with Gasteiger partial charge in [-0.1, -0.05) is 12.7 Å². The van der Waals surface area contributed by atoms with Crippen molar-refractivity contribution in [3.63, 3.8) is 0 Å². The van der Waals surface area contributed by atoms with E-state index in [0.717, 1.165) is 0 Å². The molecule has 0 aliphatic heterocycles. The fraction of sp³-hybridized carbons (Fsp3) is 0.333. The molecule has 2 aromatic heterocycles. The lowest BCUT2D eigenvalue weighted by Gasteiger charge is -2.10. The summed E-state index contributed by atoms with van der Waals surface area (Å²) in [6, 6.07) is 2.09. The number of hydrogen-bond donors (Lipinski definition) is 1. The van der Waals surface area contributed by atoms with Crippen molar-refractivity contribution in [2.45, 2.75) is 26.3 Å². The molecule has 0 atom stereocenters. The van der Waals surface area contributed by atoms with Crippen LogP contribution in [0.4, 0.5) is 5.69 Å². The summed E-state index contributed by atoms with van der Waals surface area (Å²) in [6.45, 7) is 5.89. The van der Waals surface area contributed by atoms with Crippen LogP contribution in [0, 0.1) is 18.3 Å². The first-order valence-electron chi connectivity index (χ1n) is 6.86. The second kappa shape index (κ2) is 6.72. The third kappa shape index (κ3) is 2.91. The summed E-state index contributed by atoms with van der Waals surface area (Å²) >= 11 is 0. The number of carbonyl (C=O) groups excluding carboxylic acids is 1. The van der Waals surface area contributed by atoms with Gasteiger partial charge in [-0.3, -0.25) is 0 Å². The van der Waals surface area contributed by atoms with Crippen LogP contribution in [0.1, 0.15) is 28.9 Å². The van der Waals surface area contributed by atoms with Crippen molar-refractivity contribution in [3.8, 4) is 6.07 Å². The number of esters is 1. The van der Waals surface area contributed by atoms with E-state index in [0.29, 0.717) is 41.8 Å². The van der Waals surface area contributed by atoms with Gasteiger partial charge < -0.3 is 10.5 Å². The molecule has 2 rings (SSSR count). The van der Waals surface area contributed by atoms with Crippen LogP contribution in [0.15, 0.2) is 18.9 Å². The average Bonchev–Trinajstić information content (AvgIpc) is 2.88. The summed E-state index contributed by atoms with van der Waals surface area (Å²) in [5.41, 5.74) is 7.74. The number of ether oxygens (including phenoxy) is 1. The minimum Gasteiger partial charge on any atom is -0.458 e. The molecule has 0 saturated carbocycles. The first kappa shape index (κ1) is 15.5. The second-order valence-electron chi connectivity index (χ2n) is 4.74. The van der Waals surface area contributed by atoms with Crippen LogP contribution in [0.5, 0.6) is 0 Å². The number of anilines is 1. The molecule has 2 heterocycles. The van der Waals surface area contributed by atoms with E-state index >= 15 is 0 Å². The summed E-state index contributed by atoms with van der Waals surface area (Å²) in [6.07, 6.45) is 4.19. The molecule has 22 heavy (non-hydrogen) atoms. The molecule has 114 valence electrons. The molecule has 0 fully saturated rings. The van der Waals surface area contributed by atoms with E-state index in [1.165, 1.54) is 6.08 Å². The van der Waals surface area contributed by atoms with E-state index in [4.69, 9.17) is 15.7 Å². The van der Waals surface area contributed by atoms with Crippen molar-refractivity contribution in [2.24, 2.45) is 0 Å². The van der Waals surface area contributed by atoms with Gasteiger partial charge in [-0.2, -0.15) is 10.4 Å². The van der Waals surface area contributed by atoms with Crippen LogP contribution in [-0.4, -0.2) is 27.3 Å². The maximum absolute atomic E-state index is 12.1. The average molecular weight is 299 g/mol. The standard InChI is InChI=1S/C15H17N5O2/c1-3-8-22-15(21)12-10(2)19-14-11(13(12)17)9-18-20(14)7-5-4-6-16/h3,9H,1,4-5,7-8H2,2H3,(H2,17,19). The highest BCUT2D eigenvalue weighted by Crippen LogP contribution is 2.26. The van der Waals surface area contributed by atoms with Crippen LogP contribution in [0.25, 0.3) is 11.0 Å². The molecule has 0 unspecified atom stereocenters. The number of nitrogens with two attached hydrogens (primary N) is 1. The Morgan fingerprint density at radius 1 is 1.64 bits per heavy atom. The molecule has 0 aliphatic rings. The van der Waals surface area contributed by atoms with E-state index in [1.807, 2.05) is 0 Å². The SMILES string of the molecule is C=CCOC(=O)c1c(C)nc2c(cnn2CCCC#N)c1N. The van der Waals surface area contributed by atoms with E-state index in [1.54, 1.807) is 17.8 Å². The number of nitrogen functional groups attached to an aromatic ring is 1. The fourth-order valence-corrected chi connectivity index (χ4v) is 2.17. The minimum atomic E-state index is -0.526. The van der Waals surface area contributed by atoms with Crippen LogP contribution < -0.4 is 5.73 Å². The monoisotopic (exact) mass is 299 g/mol. The van der Waals surface area contributed by atoms with E-state index in [9.17, 15) is 4.79 Å². The number of unbranched alkanes of at least 4 members (excludes halogenated alkanes) is 1. The Hall–Kier alpha value is -2.88. The highest BCUT2D eigenvalue weighted by atomic mass is 16.5. The van der Waals surface area contributed by atoms with Crippen molar-refractivity contribution in [1.82, 2.24) is 14.8 Å². The summed E-state index contributed by atoms with van der Waals surface area (Å²) in [5.74, 6) is -0.526. The number of fused-ring (bicyclic) bond motifs is 1. The molecular weight excluding hydrogens is 282 g/mol. The van der Waals surface area contributed by atoms with Crippen LogP contribution >= 0.6 is 0 Å². The van der Waals surface area contributed by atoms with E-state index in [2.05, 4.69) is 22.7 Å². The van der Waals surface area contributed by atoms with Gasteiger partial charge in [0, 0.05) is 13.0 Å². The van der Waals surface area contributed by atoms with Crippen LogP contribution in [0.2, 0.25) is 0 Å². The number of pyridine rings is 1. The van der Waals surface area contributed by atoms with Gasteiger partial charge in [0.2, 0.25) is 0 Å². The van der Waals surface area contributed by atoms with E-state index < -0.39 is 5.97 Å². The highest BCUT2D eigenvalue weighted by molar-refractivity contribution is 6.04. The molecule has 0 aliphatic carbocycles. The first-order valence-corrected chi connectivity index (χ1v) is 6.86. The zero-order chi connectivity index (χ0) is 16.1. The minimum absolute atomic E-state index is 0.114. The number of aryl methyl sites for hydroxylation is 2. The number of hydrogen-bond acceptors (Lipinski definition) is 6. The van der Waals surface area contributed by atoms with Gasteiger partial charge in [-0.05, 0) is 13.3 Å². The van der Waals surface area contributed by atoms with Crippen molar-refractivity contribution < 1.29 is 9.53 Å². The maximum atomic E-state index is 12.1. The van der Waals surface area contributed by atoms with Gasteiger partial charge in [0.25, 0.3) is 0 Å². The molecule has 2 N–H and O–H groups in total. The van der Waals surface area contributed by atoms with Gasteiger partial charge in [0.05, 0.1) is 29.0 Å². The summed E-state index contributed by atoms with van der Waals surface area (Å²) in [5, 5.41) is 13.4. The quantitative estimate of drug-likeness (QED) is 0.496.